The average molecular weight is 717 g/mol. The Hall–Kier alpha value is -4.10. The number of aryl methyl sites for hydroxylation is 1. The fourth-order valence-electron chi connectivity index (χ4n) is 5.31. The minimum absolute atomic E-state index is 0.0426. The second-order valence-corrected chi connectivity index (χ2v) is 13.3. The fourth-order valence-corrected chi connectivity index (χ4v) is 5.80. The lowest BCUT2D eigenvalue weighted by molar-refractivity contribution is -0.143. The van der Waals surface area contributed by atoms with E-state index in [0.29, 0.717) is 12.1 Å². The Morgan fingerprint density at radius 3 is 2.06 bits per heavy atom. The van der Waals surface area contributed by atoms with Crippen LogP contribution in [0, 0.1) is 0 Å². The van der Waals surface area contributed by atoms with Gasteiger partial charge in [-0.25, -0.2) is 13.2 Å². The molecule has 0 fully saturated rings. The van der Waals surface area contributed by atoms with E-state index < -0.39 is 87.0 Å². The predicted octanol–water partition coefficient (Wildman–Crippen LogP) is 6.67. The zero-order chi connectivity index (χ0) is 35.8. The van der Waals surface area contributed by atoms with Crippen LogP contribution in [0.4, 0.5) is 55.9 Å². The van der Waals surface area contributed by atoms with Gasteiger partial charge in [0.25, 0.3) is 5.95 Å². The lowest BCUT2D eigenvalue weighted by Gasteiger charge is -2.43. The van der Waals surface area contributed by atoms with E-state index in [1.165, 1.54) is 6.92 Å². The highest BCUT2D eigenvalue weighted by molar-refractivity contribution is 7.90. The standard InChI is InChI=1S/C28H29F9N6O4S/c1-4-20-14-23(21-13-17(26(29,30)31)6-7-22(21)43(20)25(44)47-5-2)41(24-38-40-42(39-24)8-9-48(3,45)46)15-16-10-18(27(32,33)34)12-19(11-16)28(35,36)37/h6-7,10-13,20,23H,4-5,8-9,14-15H2,1-3H3/t20-,23+/m1/s1. The number of benzene rings is 2. The van der Waals surface area contributed by atoms with Crippen LogP contribution in [0.5, 0.6) is 0 Å². The zero-order valence-electron chi connectivity index (χ0n) is 25.5. The largest absolute Gasteiger partial charge is 0.449 e. The summed E-state index contributed by atoms with van der Waals surface area (Å²) in [6.45, 7) is 1.98. The minimum Gasteiger partial charge on any atom is -0.449 e. The van der Waals surface area contributed by atoms with Gasteiger partial charge in [0.2, 0.25) is 0 Å². The van der Waals surface area contributed by atoms with Crippen LogP contribution in [0.1, 0.15) is 60.5 Å². The molecular formula is C28H29F9N6O4S. The SMILES string of the molecule is CCOC(=O)N1c2ccc(C(F)(F)F)cc2[C@@H](N(Cc2cc(C(F)(F)F)cc(C(F)(F)F)c2)c2nnn(CCS(C)(=O)=O)n2)C[C@H]1CC. The highest BCUT2D eigenvalue weighted by Crippen LogP contribution is 2.46. The molecule has 0 N–H and O–H groups in total. The second-order valence-electron chi connectivity index (χ2n) is 11.0. The summed E-state index contributed by atoms with van der Waals surface area (Å²) < 4.78 is 153. The summed E-state index contributed by atoms with van der Waals surface area (Å²) in [6.07, 6.45) is -15.2. The number of sulfone groups is 1. The number of rotatable bonds is 9. The van der Waals surface area contributed by atoms with Crippen LogP contribution in [0.25, 0.3) is 0 Å². The number of halogens is 9. The molecule has 3 aromatic rings. The molecule has 20 heteroatoms. The number of amides is 1. The van der Waals surface area contributed by atoms with Gasteiger partial charge in [-0.15, -0.1) is 5.10 Å². The molecule has 0 saturated heterocycles. The summed E-state index contributed by atoms with van der Waals surface area (Å²) in [5.41, 5.74) is -5.15. The van der Waals surface area contributed by atoms with Gasteiger partial charge < -0.3 is 9.64 Å². The van der Waals surface area contributed by atoms with Crippen LogP contribution in [-0.2, 0) is 46.2 Å². The quantitative estimate of drug-likeness (QED) is 0.226. The van der Waals surface area contributed by atoms with E-state index in [-0.39, 0.29) is 43.3 Å². The van der Waals surface area contributed by atoms with Crippen LogP contribution < -0.4 is 9.80 Å². The number of carbonyl (C=O) groups is 1. The van der Waals surface area contributed by atoms with Crippen LogP contribution in [-0.4, -0.2) is 59.4 Å². The molecule has 0 spiro atoms. The molecule has 1 aliphatic rings. The molecule has 2 atom stereocenters. The smallest absolute Gasteiger partial charge is 0.416 e. The normalized spacial score (nSPS) is 17.3. The Morgan fingerprint density at radius 1 is 0.938 bits per heavy atom. The molecule has 0 bridgehead atoms. The van der Waals surface area contributed by atoms with Gasteiger partial charge in [0.05, 0.1) is 47.3 Å². The Morgan fingerprint density at radius 2 is 1.54 bits per heavy atom. The van der Waals surface area contributed by atoms with Gasteiger partial charge in [-0.05, 0) is 72.5 Å². The molecule has 0 aliphatic carbocycles. The monoisotopic (exact) mass is 716 g/mol. The van der Waals surface area contributed by atoms with Gasteiger partial charge in [0.15, 0.2) is 0 Å². The number of aromatic nitrogens is 4. The van der Waals surface area contributed by atoms with E-state index in [1.807, 2.05) is 0 Å². The van der Waals surface area contributed by atoms with Gasteiger partial charge in [-0.2, -0.15) is 44.3 Å². The van der Waals surface area contributed by atoms with Crippen molar-refractivity contribution < 1.29 is 57.5 Å². The van der Waals surface area contributed by atoms with Crippen molar-refractivity contribution >= 4 is 27.6 Å². The Kier molecular flexibility index (Phi) is 10.3. The number of fused-ring (bicyclic) bond motifs is 1. The summed E-state index contributed by atoms with van der Waals surface area (Å²) >= 11 is 0. The first kappa shape index (κ1) is 36.7. The summed E-state index contributed by atoms with van der Waals surface area (Å²) in [5.74, 6) is -0.888. The number of nitrogens with zero attached hydrogens (tertiary/aromatic N) is 6. The third-order valence-electron chi connectivity index (χ3n) is 7.51. The molecule has 1 aliphatic heterocycles. The van der Waals surface area contributed by atoms with E-state index >= 15 is 0 Å². The Labute approximate surface area is 268 Å². The van der Waals surface area contributed by atoms with Crippen molar-refractivity contribution in [3.05, 3.63) is 64.2 Å². The van der Waals surface area contributed by atoms with Crippen molar-refractivity contribution in [2.45, 2.75) is 70.4 Å². The maximum Gasteiger partial charge on any atom is 0.416 e. The lowest BCUT2D eigenvalue weighted by atomic mass is 9.87. The molecule has 4 rings (SSSR count). The molecule has 0 saturated carbocycles. The number of alkyl halides is 9. The molecule has 1 amide bonds. The first-order valence-corrected chi connectivity index (χ1v) is 16.4. The van der Waals surface area contributed by atoms with E-state index in [2.05, 4.69) is 15.4 Å². The molecule has 0 radical (unpaired) electrons. The average Bonchev–Trinajstić information content (AvgIpc) is 3.45. The Bertz CT molecular complexity index is 1710. The van der Waals surface area contributed by atoms with Crippen molar-refractivity contribution in [1.82, 2.24) is 20.2 Å². The van der Waals surface area contributed by atoms with Crippen LogP contribution in [0.15, 0.2) is 36.4 Å². The Balaban J connectivity index is 1.95. The molecular weight excluding hydrogens is 687 g/mol. The van der Waals surface area contributed by atoms with E-state index in [0.717, 1.165) is 39.1 Å². The third-order valence-corrected chi connectivity index (χ3v) is 8.43. The molecule has 0 unspecified atom stereocenters. The van der Waals surface area contributed by atoms with E-state index in [9.17, 15) is 52.7 Å². The van der Waals surface area contributed by atoms with Gasteiger partial charge in [-0.3, -0.25) is 4.90 Å². The number of carbonyl (C=O) groups excluding carboxylic acids is 1. The maximum atomic E-state index is 14.0. The molecule has 2 aromatic carbocycles. The number of hydrogen-bond donors (Lipinski definition) is 0. The molecule has 1 aromatic heterocycles. The summed E-state index contributed by atoms with van der Waals surface area (Å²) in [7, 11) is -3.54. The van der Waals surface area contributed by atoms with Crippen LogP contribution in [0.3, 0.4) is 0 Å². The molecule has 10 nitrogen and oxygen atoms in total. The number of ether oxygens (including phenoxy) is 1. The van der Waals surface area contributed by atoms with Crippen molar-refractivity contribution in [1.29, 1.82) is 0 Å². The second kappa shape index (κ2) is 13.4. The van der Waals surface area contributed by atoms with Crippen molar-refractivity contribution in [3.8, 4) is 0 Å². The van der Waals surface area contributed by atoms with Crippen molar-refractivity contribution in [2.24, 2.45) is 0 Å². The molecule has 2 heterocycles. The van der Waals surface area contributed by atoms with Gasteiger partial charge in [0, 0.05) is 18.8 Å². The summed E-state index contributed by atoms with van der Waals surface area (Å²) in [6, 6.07) is 1.32. The topological polar surface area (TPSA) is 111 Å². The minimum atomic E-state index is -5.19. The predicted molar refractivity (Wildman–Crippen MR) is 153 cm³/mol. The number of anilines is 2. The fraction of sp³-hybridized carbons (Fsp3) is 0.500. The number of hydrogen-bond acceptors (Lipinski definition) is 8. The molecule has 48 heavy (non-hydrogen) atoms. The lowest BCUT2D eigenvalue weighted by Crippen LogP contribution is -2.48. The summed E-state index contributed by atoms with van der Waals surface area (Å²) in [5, 5.41) is 11.7. The van der Waals surface area contributed by atoms with Gasteiger partial charge in [-0.1, -0.05) is 12.0 Å². The summed E-state index contributed by atoms with van der Waals surface area (Å²) in [4.78, 5) is 16.1. The van der Waals surface area contributed by atoms with Gasteiger partial charge in [0.1, 0.15) is 9.84 Å². The maximum absolute atomic E-state index is 14.0. The number of tetrazole rings is 1. The van der Waals surface area contributed by atoms with Crippen LogP contribution in [0.2, 0.25) is 0 Å². The third kappa shape index (κ3) is 8.48. The highest BCUT2D eigenvalue weighted by atomic mass is 32.2. The first-order valence-electron chi connectivity index (χ1n) is 14.3. The van der Waals surface area contributed by atoms with Crippen molar-refractivity contribution in [3.63, 3.8) is 0 Å². The van der Waals surface area contributed by atoms with E-state index in [4.69, 9.17) is 4.74 Å². The zero-order valence-corrected chi connectivity index (χ0v) is 26.3. The van der Waals surface area contributed by atoms with E-state index in [1.54, 1.807) is 6.92 Å². The van der Waals surface area contributed by atoms with Crippen LogP contribution >= 0.6 is 0 Å². The first-order chi connectivity index (χ1) is 22.1. The van der Waals surface area contributed by atoms with Gasteiger partial charge >= 0.3 is 24.6 Å². The molecule has 264 valence electrons. The highest BCUT2D eigenvalue weighted by Gasteiger charge is 2.43. The van der Waals surface area contributed by atoms with Crippen molar-refractivity contribution in [2.75, 3.05) is 28.4 Å².